The number of aromatic nitrogens is 1. The number of carbonyl (C=O) groups excluding carboxylic acids is 1. The van der Waals surface area contributed by atoms with E-state index in [9.17, 15) is 14.7 Å². The van der Waals surface area contributed by atoms with Crippen molar-refractivity contribution >= 4 is 11.9 Å². The lowest BCUT2D eigenvalue weighted by Crippen LogP contribution is -2.34. The minimum Gasteiger partial charge on any atom is -0.493 e. The Morgan fingerprint density at radius 2 is 2.07 bits per heavy atom. The Labute approximate surface area is 163 Å². The summed E-state index contributed by atoms with van der Waals surface area (Å²) in [6, 6.07) is 4.95. The van der Waals surface area contributed by atoms with Crippen molar-refractivity contribution in [1.82, 2.24) is 10.1 Å². The van der Waals surface area contributed by atoms with Gasteiger partial charge in [0.15, 0.2) is 11.5 Å². The van der Waals surface area contributed by atoms with Gasteiger partial charge in [0.05, 0.1) is 23.8 Å². The molecule has 1 N–H and O–H groups in total. The van der Waals surface area contributed by atoms with E-state index in [2.05, 4.69) is 5.16 Å². The third kappa shape index (κ3) is 3.67. The Hall–Kier alpha value is -3.03. The third-order valence-electron chi connectivity index (χ3n) is 5.24. The fraction of sp³-hybridized carbons (Fsp3) is 0.450. The smallest absolute Gasteiger partial charge is 0.311 e. The number of rotatable bonds is 6. The molecular weight excluding hydrogens is 364 g/mol. The van der Waals surface area contributed by atoms with Gasteiger partial charge in [0.1, 0.15) is 12.4 Å². The zero-order chi connectivity index (χ0) is 20.5. The van der Waals surface area contributed by atoms with E-state index in [1.807, 2.05) is 13.8 Å². The molecular formula is C20H24N2O6. The first-order chi connectivity index (χ1) is 13.2. The Balaban J connectivity index is 1.74. The predicted molar refractivity (Wildman–Crippen MR) is 99.6 cm³/mol. The first-order valence-electron chi connectivity index (χ1n) is 9.00. The molecule has 0 spiro atoms. The fourth-order valence-corrected chi connectivity index (χ4v) is 3.27. The molecule has 0 radical (unpaired) electrons. The van der Waals surface area contributed by atoms with E-state index in [-0.39, 0.29) is 19.1 Å². The highest BCUT2D eigenvalue weighted by molar-refractivity contribution is 5.95. The van der Waals surface area contributed by atoms with Crippen LogP contribution in [0.25, 0.3) is 0 Å². The van der Waals surface area contributed by atoms with Gasteiger partial charge in [-0.2, -0.15) is 0 Å². The van der Waals surface area contributed by atoms with Gasteiger partial charge in [0.2, 0.25) is 0 Å². The molecule has 1 atom stereocenters. The summed E-state index contributed by atoms with van der Waals surface area (Å²) in [5.74, 6) is 0.511. The van der Waals surface area contributed by atoms with Crippen molar-refractivity contribution in [3.8, 4) is 11.5 Å². The van der Waals surface area contributed by atoms with E-state index < -0.39 is 11.4 Å². The molecule has 1 saturated heterocycles. The van der Waals surface area contributed by atoms with Crippen molar-refractivity contribution in [2.45, 2.75) is 33.8 Å². The summed E-state index contributed by atoms with van der Waals surface area (Å²) in [7, 11) is 1.50. The summed E-state index contributed by atoms with van der Waals surface area (Å²) in [4.78, 5) is 25.8. The van der Waals surface area contributed by atoms with Crippen LogP contribution in [-0.4, -0.2) is 47.2 Å². The molecule has 3 rings (SSSR count). The first kappa shape index (κ1) is 19.7. The van der Waals surface area contributed by atoms with Gasteiger partial charge >= 0.3 is 5.97 Å². The SMILES string of the molecule is COc1cc(C(=O)N2CCC(C)(C(=O)O)C2)ccc1OCc1c(C)noc1C. The second-order valence-corrected chi connectivity index (χ2v) is 7.30. The largest absolute Gasteiger partial charge is 0.493 e. The number of methoxy groups -OCH3 is 1. The Morgan fingerprint density at radius 3 is 2.64 bits per heavy atom. The van der Waals surface area contributed by atoms with Gasteiger partial charge in [-0.1, -0.05) is 5.16 Å². The monoisotopic (exact) mass is 388 g/mol. The van der Waals surface area contributed by atoms with Gasteiger partial charge in [-0.05, 0) is 45.4 Å². The summed E-state index contributed by atoms with van der Waals surface area (Å²) in [5, 5.41) is 13.3. The maximum absolute atomic E-state index is 12.8. The lowest BCUT2D eigenvalue weighted by Gasteiger charge is -2.20. The Kier molecular flexibility index (Phi) is 5.31. The summed E-state index contributed by atoms with van der Waals surface area (Å²) in [6.07, 6.45) is 0.434. The number of hydrogen-bond donors (Lipinski definition) is 1. The normalized spacial score (nSPS) is 18.9. The van der Waals surface area contributed by atoms with E-state index >= 15 is 0 Å². The number of benzene rings is 1. The van der Waals surface area contributed by atoms with Crippen LogP contribution in [0.5, 0.6) is 11.5 Å². The molecule has 1 aromatic carbocycles. The van der Waals surface area contributed by atoms with E-state index in [0.717, 1.165) is 11.3 Å². The van der Waals surface area contributed by atoms with Gasteiger partial charge in [-0.25, -0.2) is 0 Å². The third-order valence-corrected chi connectivity index (χ3v) is 5.24. The van der Waals surface area contributed by atoms with Crippen molar-refractivity contribution in [3.05, 3.63) is 40.8 Å². The maximum Gasteiger partial charge on any atom is 0.311 e. The van der Waals surface area contributed by atoms with E-state index in [0.29, 0.717) is 35.8 Å². The van der Waals surface area contributed by atoms with Crippen LogP contribution in [0.2, 0.25) is 0 Å². The lowest BCUT2D eigenvalue weighted by atomic mass is 9.90. The number of carboxylic acids is 1. The van der Waals surface area contributed by atoms with Gasteiger partial charge in [0, 0.05) is 18.7 Å². The molecule has 1 aliphatic rings. The number of amides is 1. The van der Waals surface area contributed by atoms with Gasteiger partial charge in [-0.15, -0.1) is 0 Å². The van der Waals surface area contributed by atoms with Gasteiger partial charge < -0.3 is 24.0 Å². The van der Waals surface area contributed by atoms with Crippen LogP contribution < -0.4 is 9.47 Å². The van der Waals surface area contributed by atoms with Crippen LogP contribution in [0.15, 0.2) is 22.7 Å². The number of ether oxygens (including phenoxy) is 2. The number of carboxylic acid groups (broad SMARTS) is 1. The summed E-state index contributed by atoms with van der Waals surface area (Å²) in [5.41, 5.74) is 1.15. The molecule has 2 aromatic rings. The van der Waals surface area contributed by atoms with E-state index in [1.165, 1.54) is 7.11 Å². The molecule has 1 aliphatic heterocycles. The Morgan fingerprint density at radius 1 is 1.32 bits per heavy atom. The molecule has 1 amide bonds. The standard InChI is InChI=1S/C20H24N2O6/c1-12-15(13(2)28-21-12)10-27-16-6-5-14(9-17(16)26-4)18(23)22-8-7-20(3,11-22)19(24)25/h5-6,9H,7-8,10-11H2,1-4H3,(H,24,25). The van der Waals surface area contributed by atoms with Crippen LogP contribution in [0, 0.1) is 19.3 Å². The lowest BCUT2D eigenvalue weighted by molar-refractivity contribution is -0.147. The number of hydrogen-bond acceptors (Lipinski definition) is 6. The minimum atomic E-state index is -0.906. The highest BCUT2D eigenvalue weighted by atomic mass is 16.5. The molecule has 2 heterocycles. The van der Waals surface area contributed by atoms with Crippen molar-refractivity contribution in [3.63, 3.8) is 0 Å². The highest BCUT2D eigenvalue weighted by Gasteiger charge is 2.42. The molecule has 1 aromatic heterocycles. The van der Waals surface area contributed by atoms with Crippen molar-refractivity contribution < 1.29 is 28.7 Å². The topological polar surface area (TPSA) is 102 Å². The average Bonchev–Trinajstić information content (AvgIpc) is 3.23. The average molecular weight is 388 g/mol. The Bertz CT molecular complexity index is 887. The van der Waals surface area contributed by atoms with Crippen LogP contribution in [0.1, 0.15) is 40.7 Å². The molecule has 0 saturated carbocycles. The number of aryl methyl sites for hydroxylation is 2. The number of aliphatic carboxylic acids is 1. The van der Waals surface area contributed by atoms with Crippen LogP contribution >= 0.6 is 0 Å². The fourth-order valence-electron chi connectivity index (χ4n) is 3.27. The number of likely N-dealkylation sites (tertiary alicyclic amines) is 1. The molecule has 0 aliphatic carbocycles. The van der Waals surface area contributed by atoms with Crippen LogP contribution in [-0.2, 0) is 11.4 Å². The van der Waals surface area contributed by atoms with Crippen molar-refractivity contribution in [1.29, 1.82) is 0 Å². The molecule has 8 nitrogen and oxygen atoms in total. The van der Waals surface area contributed by atoms with Gasteiger partial charge in [-0.3, -0.25) is 9.59 Å². The number of carbonyl (C=O) groups is 2. The molecule has 150 valence electrons. The van der Waals surface area contributed by atoms with Gasteiger partial charge in [0.25, 0.3) is 5.91 Å². The predicted octanol–water partition coefficient (Wildman–Crippen LogP) is 2.82. The van der Waals surface area contributed by atoms with E-state index in [1.54, 1.807) is 30.0 Å². The zero-order valence-corrected chi connectivity index (χ0v) is 16.4. The zero-order valence-electron chi connectivity index (χ0n) is 16.4. The molecule has 8 heteroatoms. The second kappa shape index (κ2) is 7.53. The van der Waals surface area contributed by atoms with Crippen molar-refractivity contribution in [2.75, 3.05) is 20.2 Å². The molecule has 1 fully saturated rings. The molecule has 0 bridgehead atoms. The highest BCUT2D eigenvalue weighted by Crippen LogP contribution is 2.33. The van der Waals surface area contributed by atoms with E-state index in [4.69, 9.17) is 14.0 Å². The summed E-state index contributed by atoms with van der Waals surface area (Å²) in [6.45, 7) is 6.19. The first-order valence-corrected chi connectivity index (χ1v) is 9.00. The minimum absolute atomic E-state index is 0.188. The second-order valence-electron chi connectivity index (χ2n) is 7.30. The number of nitrogens with zero attached hydrogens (tertiary/aromatic N) is 2. The van der Waals surface area contributed by atoms with Crippen LogP contribution in [0.3, 0.4) is 0 Å². The maximum atomic E-state index is 12.8. The van der Waals surface area contributed by atoms with Crippen molar-refractivity contribution in [2.24, 2.45) is 5.41 Å². The van der Waals surface area contributed by atoms with Crippen LogP contribution in [0.4, 0.5) is 0 Å². The molecule has 28 heavy (non-hydrogen) atoms. The summed E-state index contributed by atoms with van der Waals surface area (Å²) < 4.78 is 16.3. The summed E-state index contributed by atoms with van der Waals surface area (Å²) >= 11 is 0. The molecule has 1 unspecified atom stereocenters. The quantitative estimate of drug-likeness (QED) is 0.812.